The minimum absolute atomic E-state index is 0.0366. The summed E-state index contributed by atoms with van der Waals surface area (Å²) in [6, 6.07) is 1.78. The number of aromatic nitrogens is 3. The summed E-state index contributed by atoms with van der Waals surface area (Å²) in [6.45, 7) is 6.10. The van der Waals surface area contributed by atoms with Gasteiger partial charge < -0.3 is 10.6 Å². The van der Waals surface area contributed by atoms with Gasteiger partial charge in [0.05, 0.1) is 10.9 Å². The Bertz CT molecular complexity index is 1010. The van der Waals surface area contributed by atoms with E-state index in [-0.39, 0.29) is 23.3 Å². The van der Waals surface area contributed by atoms with E-state index < -0.39 is 11.2 Å². The smallest absolute Gasteiger partial charge is 0.330 e. The first kappa shape index (κ1) is 18.9. The van der Waals surface area contributed by atoms with Gasteiger partial charge in [0.25, 0.3) is 11.5 Å². The first-order valence-electron chi connectivity index (χ1n) is 10.1. The third-order valence-corrected chi connectivity index (χ3v) is 5.39. The molecule has 3 N–H and O–H groups in total. The first-order valence-corrected chi connectivity index (χ1v) is 10.1. The van der Waals surface area contributed by atoms with E-state index in [4.69, 9.17) is 0 Å². The minimum Gasteiger partial charge on any atom is -0.348 e. The summed E-state index contributed by atoms with van der Waals surface area (Å²) >= 11 is 0. The molecule has 0 bridgehead atoms. The maximum absolute atomic E-state index is 13.1. The van der Waals surface area contributed by atoms with Gasteiger partial charge in [-0.2, -0.15) is 0 Å². The Morgan fingerprint density at radius 2 is 2.11 bits per heavy atom. The molecule has 0 aromatic carbocycles. The van der Waals surface area contributed by atoms with Crippen molar-refractivity contribution in [3.63, 3.8) is 0 Å². The van der Waals surface area contributed by atoms with Crippen molar-refractivity contribution in [1.29, 1.82) is 0 Å². The van der Waals surface area contributed by atoms with Crippen LogP contribution in [-0.2, 0) is 6.54 Å². The normalized spacial score (nSPS) is 19.9. The van der Waals surface area contributed by atoms with Crippen molar-refractivity contribution in [3.8, 4) is 0 Å². The molecule has 2 aliphatic rings. The molecule has 28 heavy (non-hydrogen) atoms. The molecule has 1 aliphatic carbocycles. The average molecular weight is 385 g/mol. The number of nitrogens with one attached hydrogen (secondary N) is 3. The molecule has 2 aromatic rings. The van der Waals surface area contributed by atoms with E-state index in [2.05, 4.69) is 20.6 Å². The number of fused-ring (bicyclic) bond motifs is 1. The van der Waals surface area contributed by atoms with Gasteiger partial charge in [-0.25, -0.2) is 9.78 Å². The van der Waals surface area contributed by atoms with Crippen LogP contribution in [0.3, 0.4) is 0 Å². The molecule has 1 atom stereocenters. The second-order valence-corrected chi connectivity index (χ2v) is 8.35. The first-order chi connectivity index (χ1) is 13.4. The van der Waals surface area contributed by atoms with Crippen LogP contribution >= 0.6 is 0 Å². The molecule has 8 nitrogen and oxygen atoms in total. The summed E-state index contributed by atoms with van der Waals surface area (Å²) < 4.78 is 1.49. The Balaban J connectivity index is 1.85. The van der Waals surface area contributed by atoms with Crippen LogP contribution in [-0.4, -0.2) is 39.6 Å². The van der Waals surface area contributed by atoms with E-state index in [1.54, 1.807) is 6.07 Å². The number of nitrogens with zero attached hydrogens (tertiary/aromatic N) is 2. The van der Waals surface area contributed by atoms with Crippen LogP contribution in [0.25, 0.3) is 11.0 Å². The summed E-state index contributed by atoms with van der Waals surface area (Å²) in [5, 5.41) is 6.52. The molecule has 4 rings (SSSR count). The van der Waals surface area contributed by atoms with Crippen molar-refractivity contribution < 1.29 is 4.79 Å². The molecule has 2 fully saturated rings. The molecule has 1 aliphatic heterocycles. The highest BCUT2D eigenvalue weighted by Gasteiger charge is 2.29. The fourth-order valence-corrected chi connectivity index (χ4v) is 3.83. The van der Waals surface area contributed by atoms with Gasteiger partial charge in [0.2, 0.25) is 0 Å². The van der Waals surface area contributed by atoms with Crippen LogP contribution in [0.1, 0.15) is 61.5 Å². The maximum atomic E-state index is 13.1. The van der Waals surface area contributed by atoms with E-state index in [0.29, 0.717) is 23.7 Å². The topological polar surface area (TPSA) is 109 Å². The van der Waals surface area contributed by atoms with Gasteiger partial charge in [0, 0.05) is 30.7 Å². The predicted octanol–water partition coefficient (Wildman–Crippen LogP) is 1.10. The minimum atomic E-state index is -0.554. The van der Waals surface area contributed by atoms with Crippen molar-refractivity contribution in [1.82, 2.24) is 25.2 Å². The summed E-state index contributed by atoms with van der Waals surface area (Å²) in [5.41, 5.74) is 0.396. The van der Waals surface area contributed by atoms with Crippen LogP contribution in [0.2, 0.25) is 0 Å². The Kier molecular flexibility index (Phi) is 5.05. The van der Waals surface area contributed by atoms with Crippen LogP contribution in [0, 0.1) is 5.92 Å². The lowest BCUT2D eigenvalue weighted by molar-refractivity contribution is 0.0932. The highest BCUT2D eigenvalue weighted by Crippen LogP contribution is 2.39. The second-order valence-electron chi connectivity index (χ2n) is 8.35. The summed E-state index contributed by atoms with van der Waals surface area (Å²) in [4.78, 5) is 45.2. The number of carbonyl (C=O) groups is 1. The lowest BCUT2D eigenvalue weighted by atomic mass is 10.0. The number of carbonyl (C=O) groups excluding carboxylic acids is 1. The zero-order valence-corrected chi connectivity index (χ0v) is 16.4. The Labute approximate surface area is 162 Å². The Morgan fingerprint density at radius 1 is 1.32 bits per heavy atom. The standard InChI is InChI=1S/C20H27N5O3/c1-11(2)10-25-17-16(19(27)24-20(25)28)14(8-15(23-17)12-5-6-12)18(26)22-13-4-3-7-21-9-13/h8,11-13,21H,3-7,9-10H2,1-2H3,(H,22,26)(H,24,27,28)/t13-/m0/s1. The van der Waals surface area contributed by atoms with Gasteiger partial charge in [0.1, 0.15) is 0 Å². The van der Waals surface area contributed by atoms with Crippen molar-refractivity contribution in [2.75, 3.05) is 13.1 Å². The molecule has 8 heteroatoms. The largest absolute Gasteiger partial charge is 0.348 e. The van der Waals surface area contributed by atoms with Gasteiger partial charge in [-0.15, -0.1) is 0 Å². The van der Waals surface area contributed by atoms with Gasteiger partial charge >= 0.3 is 5.69 Å². The monoisotopic (exact) mass is 385 g/mol. The Hall–Kier alpha value is -2.48. The van der Waals surface area contributed by atoms with Gasteiger partial charge in [0.15, 0.2) is 5.65 Å². The number of piperidine rings is 1. The number of pyridine rings is 1. The zero-order chi connectivity index (χ0) is 19.8. The lowest BCUT2D eigenvalue weighted by Gasteiger charge is -2.24. The molecule has 150 valence electrons. The highest BCUT2D eigenvalue weighted by atomic mass is 16.2. The van der Waals surface area contributed by atoms with Crippen molar-refractivity contribution >= 4 is 16.9 Å². The van der Waals surface area contributed by atoms with E-state index in [1.807, 2.05) is 13.8 Å². The third-order valence-electron chi connectivity index (χ3n) is 5.39. The molecular weight excluding hydrogens is 358 g/mol. The summed E-state index contributed by atoms with van der Waals surface area (Å²) in [6.07, 6.45) is 3.95. The average Bonchev–Trinajstić information content (AvgIpc) is 3.50. The second kappa shape index (κ2) is 7.50. The van der Waals surface area contributed by atoms with E-state index >= 15 is 0 Å². The predicted molar refractivity (Wildman–Crippen MR) is 107 cm³/mol. The molecule has 1 saturated heterocycles. The van der Waals surface area contributed by atoms with Crippen LogP contribution in [0.4, 0.5) is 0 Å². The van der Waals surface area contributed by atoms with Crippen molar-refractivity contribution in [2.45, 2.75) is 58.0 Å². The quantitative estimate of drug-likeness (QED) is 0.714. The number of H-pyrrole nitrogens is 1. The molecule has 2 aromatic heterocycles. The molecule has 0 radical (unpaired) electrons. The van der Waals surface area contributed by atoms with Crippen molar-refractivity contribution in [2.24, 2.45) is 5.92 Å². The van der Waals surface area contributed by atoms with E-state index in [1.165, 1.54) is 4.57 Å². The molecule has 0 spiro atoms. The third kappa shape index (κ3) is 3.73. The molecule has 0 unspecified atom stereocenters. The summed E-state index contributed by atoms with van der Waals surface area (Å²) in [7, 11) is 0. The van der Waals surface area contributed by atoms with Crippen LogP contribution in [0.5, 0.6) is 0 Å². The highest BCUT2D eigenvalue weighted by molar-refractivity contribution is 6.05. The number of amides is 1. The molecular formula is C20H27N5O3. The van der Waals surface area contributed by atoms with Crippen LogP contribution in [0.15, 0.2) is 15.7 Å². The number of hydrogen-bond acceptors (Lipinski definition) is 5. The fourth-order valence-electron chi connectivity index (χ4n) is 3.83. The van der Waals surface area contributed by atoms with E-state index in [9.17, 15) is 14.4 Å². The fraction of sp³-hybridized carbons (Fsp3) is 0.600. The number of aromatic amines is 1. The van der Waals surface area contributed by atoms with Crippen LogP contribution < -0.4 is 21.9 Å². The maximum Gasteiger partial charge on any atom is 0.330 e. The molecule has 1 saturated carbocycles. The summed E-state index contributed by atoms with van der Waals surface area (Å²) in [5.74, 6) is 0.223. The lowest BCUT2D eigenvalue weighted by Crippen LogP contribution is -2.46. The SMILES string of the molecule is CC(C)Cn1c(=O)[nH]c(=O)c2c(C(=O)N[C@H]3CCCNC3)cc(C3CC3)nc21. The van der Waals surface area contributed by atoms with Gasteiger partial charge in [-0.3, -0.25) is 19.1 Å². The molecule has 1 amide bonds. The van der Waals surface area contributed by atoms with Gasteiger partial charge in [-0.05, 0) is 44.2 Å². The van der Waals surface area contributed by atoms with E-state index in [0.717, 1.165) is 44.5 Å². The number of rotatable bonds is 5. The molecule has 3 heterocycles. The van der Waals surface area contributed by atoms with Crippen molar-refractivity contribution in [3.05, 3.63) is 38.2 Å². The number of hydrogen-bond donors (Lipinski definition) is 3. The Morgan fingerprint density at radius 3 is 2.75 bits per heavy atom. The zero-order valence-electron chi connectivity index (χ0n) is 16.4. The van der Waals surface area contributed by atoms with Gasteiger partial charge in [-0.1, -0.05) is 13.8 Å².